The van der Waals surface area contributed by atoms with Crippen LogP contribution < -0.4 is 20.0 Å². The first kappa shape index (κ1) is 31.4. The summed E-state index contributed by atoms with van der Waals surface area (Å²) in [5.74, 6) is -1.54. The molecule has 43 heavy (non-hydrogen) atoms. The number of anilines is 3. The summed E-state index contributed by atoms with van der Waals surface area (Å²) >= 11 is 17.0. The van der Waals surface area contributed by atoms with Crippen molar-refractivity contribution < 1.29 is 42.2 Å². The number of benzene rings is 1. The van der Waals surface area contributed by atoms with E-state index in [0.717, 1.165) is 4.90 Å². The van der Waals surface area contributed by atoms with E-state index in [0.29, 0.717) is 25.2 Å². The summed E-state index contributed by atoms with van der Waals surface area (Å²) in [7, 11) is 0. The number of carbonyl (C=O) groups excluding carboxylic acids is 3. The topological polar surface area (TPSA) is 136 Å². The Morgan fingerprint density at radius 3 is 2.70 bits per heavy atom. The predicted molar refractivity (Wildman–Crippen MR) is 153 cm³/mol. The Morgan fingerprint density at radius 2 is 2.05 bits per heavy atom. The summed E-state index contributed by atoms with van der Waals surface area (Å²) in [6.07, 6.45) is -1.28. The lowest BCUT2D eigenvalue weighted by Crippen LogP contribution is -2.44. The molecule has 13 nitrogen and oxygen atoms in total. The lowest BCUT2D eigenvalue weighted by Gasteiger charge is -2.23. The van der Waals surface area contributed by atoms with Gasteiger partial charge in [-0.2, -0.15) is 0 Å². The highest BCUT2D eigenvalue weighted by Crippen LogP contribution is 2.31. The minimum atomic E-state index is -1.83. The normalized spacial score (nSPS) is 23.4. The number of aromatic nitrogens is 1. The minimum absolute atomic E-state index is 0.00524. The van der Waals surface area contributed by atoms with Crippen molar-refractivity contribution in [1.82, 2.24) is 10.5 Å². The van der Waals surface area contributed by atoms with Crippen LogP contribution in [-0.2, 0) is 23.7 Å². The molecule has 17 heteroatoms. The summed E-state index contributed by atoms with van der Waals surface area (Å²) < 4.78 is 39.8. The van der Waals surface area contributed by atoms with E-state index >= 15 is 4.39 Å². The van der Waals surface area contributed by atoms with E-state index in [1.54, 1.807) is 26.0 Å². The van der Waals surface area contributed by atoms with E-state index < -0.39 is 46.4 Å². The largest absolute Gasteiger partial charge is 0.445 e. The van der Waals surface area contributed by atoms with Gasteiger partial charge in [0.15, 0.2) is 17.7 Å². The van der Waals surface area contributed by atoms with Gasteiger partial charge in [-0.3, -0.25) is 14.6 Å². The average molecular weight is 665 g/mol. The Kier molecular flexibility index (Phi) is 9.14. The highest BCUT2D eigenvalue weighted by Gasteiger charge is 2.39. The van der Waals surface area contributed by atoms with Crippen LogP contribution in [0, 0.1) is 5.82 Å². The summed E-state index contributed by atoms with van der Waals surface area (Å²) in [4.78, 5) is 42.1. The van der Waals surface area contributed by atoms with Crippen LogP contribution in [-0.4, -0.2) is 90.5 Å². The summed E-state index contributed by atoms with van der Waals surface area (Å²) in [6.45, 7) is 3.89. The monoisotopic (exact) mass is 663 g/mol. The van der Waals surface area contributed by atoms with Crippen LogP contribution >= 0.6 is 34.8 Å². The molecule has 0 saturated carbocycles. The van der Waals surface area contributed by atoms with E-state index in [-0.39, 0.29) is 43.2 Å². The third kappa shape index (κ3) is 7.73. The van der Waals surface area contributed by atoms with Crippen molar-refractivity contribution in [2.45, 2.75) is 48.1 Å². The third-order valence-electron chi connectivity index (χ3n) is 6.96. The van der Waals surface area contributed by atoms with Crippen molar-refractivity contribution in [3.05, 3.63) is 36.3 Å². The van der Waals surface area contributed by atoms with Crippen LogP contribution in [0.4, 0.5) is 31.2 Å². The van der Waals surface area contributed by atoms with E-state index in [2.05, 4.69) is 10.5 Å². The molecule has 0 spiro atoms. The van der Waals surface area contributed by atoms with Gasteiger partial charge in [-0.1, -0.05) is 40.0 Å². The summed E-state index contributed by atoms with van der Waals surface area (Å²) in [5.41, 5.74) is 0.602. The molecule has 3 fully saturated rings. The molecule has 5 rings (SSSR count). The van der Waals surface area contributed by atoms with Crippen molar-refractivity contribution in [3.63, 3.8) is 0 Å². The highest BCUT2D eigenvalue weighted by atomic mass is 35.6. The highest BCUT2D eigenvalue weighted by molar-refractivity contribution is 6.67. The molecule has 3 aliphatic rings. The fourth-order valence-electron chi connectivity index (χ4n) is 4.99. The molecule has 1 aromatic carbocycles. The Morgan fingerprint density at radius 1 is 1.26 bits per heavy atom. The molecule has 4 heterocycles. The second kappa shape index (κ2) is 12.5. The number of ether oxygens (including phenoxy) is 4. The number of nitrogens with one attached hydrogen (secondary N) is 1. The first-order valence-electron chi connectivity index (χ1n) is 13.3. The Labute approximate surface area is 260 Å². The molecule has 3 amide bonds. The third-order valence-corrected chi connectivity index (χ3v) is 7.29. The van der Waals surface area contributed by atoms with Crippen LogP contribution in [0.1, 0.15) is 20.3 Å². The second-order valence-corrected chi connectivity index (χ2v) is 13.2. The van der Waals surface area contributed by atoms with E-state index in [1.165, 1.54) is 23.3 Å². The Balaban J connectivity index is 1.19. The van der Waals surface area contributed by atoms with Crippen LogP contribution in [0.15, 0.2) is 35.1 Å². The Hall–Kier alpha value is -3.04. The van der Waals surface area contributed by atoms with E-state index in [4.69, 9.17) is 58.3 Å². The minimum Gasteiger partial charge on any atom is -0.445 e. The van der Waals surface area contributed by atoms with Gasteiger partial charge in [-0.15, -0.1) is 0 Å². The van der Waals surface area contributed by atoms with Crippen LogP contribution in [0.5, 0.6) is 0 Å². The average Bonchev–Trinajstić information content (AvgIpc) is 3.73. The number of hydrogen-bond acceptors (Lipinski definition) is 10. The molecular weight excluding hydrogens is 636 g/mol. The van der Waals surface area contributed by atoms with Crippen molar-refractivity contribution >= 4 is 70.1 Å². The summed E-state index contributed by atoms with van der Waals surface area (Å²) in [6, 6.07) is 5.63. The fraction of sp³-hybridized carbons (Fsp3) is 0.538. The zero-order valence-electron chi connectivity index (χ0n) is 23.1. The van der Waals surface area contributed by atoms with Gasteiger partial charge >= 0.3 is 12.2 Å². The van der Waals surface area contributed by atoms with Gasteiger partial charge in [0.25, 0.3) is 5.91 Å². The number of alkyl halides is 3. The maximum absolute atomic E-state index is 15.3. The van der Waals surface area contributed by atoms with Crippen molar-refractivity contribution in [2.75, 3.05) is 54.1 Å². The molecule has 0 aliphatic carbocycles. The first-order chi connectivity index (χ1) is 20.3. The first-order valence-corrected chi connectivity index (χ1v) is 14.5. The van der Waals surface area contributed by atoms with Gasteiger partial charge in [0.05, 0.1) is 31.1 Å². The molecule has 1 aromatic heterocycles. The maximum atomic E-state index is 15.3. The molecule has 0 radical (unpaired) electrons. The zero-order chi connectivity index (χ0) is 30.9. The molecule has 0 bridgehead atoms. The molecule has 2 aromatic rings. The zero-order valence-corrected chi connectivity index (χ0v) is 25.4. The number of hydrogen-bond donors (Lipinski definition) is 1. The number of amides is 3. The van der Waals surface area contributed by atoms with Gasteiger partial charge in [-0.25, -0.2) is 14.0 Å². The van der Waals surface area contributed by atoms with Gasteiger partial charge in [0.2, 0.25) is 3.79 Å². The number of halogens is 4. The number of cyclic esters (lactones) is 1. The predicted octanol–water partition coefficient (Wildman–Crippen LogP) is 4.00. The Bertz CT molecular complexity index is 1340. The molecule has 3 saturated heterocycles. The van der Waals surface area contributed by atoms with Gasteiger partial charge < -0.3 is 33.7 Å². The van der Waals surface area contributed by atoms with Crippen LogP contribution in [0.25, 0.3) is 0 Å². The lowest BCUT2D eigenvalue weighted by molar-refractivity contribution is -0.153. The molecule has 1 N–H and O–H groups in total. The molecule has 3 aliphatic heterocycles. The molecule has 3 atom stereocenters. The quantitative estimate of drug-likeness (QED) is 0.413. The van der Waals surface area contributed by atoms with Crippen LogP contribution in [0.2, 0.25) is 0 Å². The van der Waals surface area contributed by atoms with Crippen molar-refractivity contribution in [1.29, 1.82) is 0 Å². The lowest BCUT2D eigenvalue weighted by atomic mass is 10.2. The molecular formula is C26H29Cl3FN5O8. The van der Waals surface area contributed by atoms with E-state index in [9.17, 15) is 14.4 Å². The second-order valence-electron chi connectivity index (χ2n) is 10.6. The standard InChI is InChI=1S/C26H29Cl3FN5O8/c1-25(2)40-13-20(43-25)22(36)31-15-5-7-33(10-15)19-4-3-16(9-18(19)30)34-11-17(42-24(34)38)12-35(21-6-8-41-32-21)23(37)39-14-26(27,28)29/h3-4,6,8-9,15,17,20H,5,7,10-14H2,1-2H3,(H,31,36)/t15-,17+,20-/m0/s1. The maximum Gasteiger partial charge on any atom is 0.415 e. The number of nitrogens with zero attached hydrogens (tertiary/aromatic N) is 4. The SMILES string of the molecule is CC1(C)OC[C@@H](C(=O)N[C@H]2CCN(c3ccc(N4C[C@H](CN(C(=O)OCC(Cl)(Cl)Cl)c5ccon5)OC4=O)cc3F)C2)O1. The van der Waals surface area contributed by atoms with Gasteiger partial charge in [-0.05, 0) is 38.5 Å². The van der Waals surface area contributed by atoms with Gasteiger partial charge in [0.1, 0.15) is 24.8 Å². The van der Waals surface area contributed by atoms with Crippen molar-refractivity contribution in [2.24, 2.45) is 0 Å². The molecule has 0 unspecified atom stereocenters. The van der Waals surface area contributed by atoms with E-state index in [1.807, 2.05) is 4.90 Å². The smallest absolute Gasteiger partial charge is 0.415 e. The van der Waals surface area contributed by atoms with Crippen molar-refractivity contribution in [3.8, 4) is 0 Å². The molecule has 234 valence electrons. The van der Waals surface area contributed by atoms with Crippen LogP contribution in [0.3, 0.4) is 0 Å². The number of rotatable bonds is 8. The fourth-order valence-corrected chi connectivity index (χ4v) is 5.15. The van der Waals surface area contributed by atoms with Gasteiger partial charge in [0, 0.05) is 25.2 Å². The summed E-state index contributed by atoms with van der Waals surface area (Å²) in [5, 5.41) is 6.68. The number of carbonyl (C=O) groups is 3.